The fourth-order valence-corrected chi connectivity index (χ4v) is 2.34. The van der Waals surface area contributed by atoms with Gasteiger partial charge in [-0.3, -0.25) is 0 Å². The SMILES string of the molecule is CB(O)N1C[C@@H](c2nc(C)no2)CC[C@@H]1C. The van der Waals surface area contributed by atoms with Gasteiger partial charge in [0.1, 0.15) is 0 Å². The molecule has 16 heavy (non-hydrogen) atoms. The van der Waals surface area contributed by atoms with Crippen LogP contribution >= 0.6 is 0 Å². The Morgan fingerprint density at radius 1 is 1.50 bits per heavy atom. The molecule has 0 bridgehead atoms. The maximum atomic E-state index is 9.68. The highest BCUT2D eigenvalue weighted by Gasteiger charge is 2.33. The molecular weight excluding hydrogens is 205 g/mol. The number of nitrogens with zero attached hydrogens (tertiary/aromatic N) is 3. The molecule has 1 saturated heterocycles. The summed E-state index contributed by atoms with van der Waals surface area (Å²) in [7, 11) is -0.415. The van der Waals surface area contributed by atoms with E-state index in [1.54, 1.807) is 6.82 Å². The van der Waals surface area contributed by atoms with Crippen LogP contribution in [0.1, 0.15) is 37.4 Å². The van der Waals surface area contributed by atoms with Crippen molar-refractivity contribution in [3.8, 4) is 0 Å². The molecule has 1 aromatic rings. The summed E-state index contributed by atoms with van der Waals surface area (Å²) < 4.78 is 5.20. The molecular formula is C10H18BN3O2. The van der Waals surface area contributed by atoms with Crippen molar-refractivity contribution >= 4 is 7.05 Å². The first-order valence-corrected chi connectivity index (χ1v) is 5.82. The number of aromatic nitrogens is 2. The van der Waals surface area contributed by atoms with Crippen LogP contribution < -0.4 is 0 Å². The van der Waals surface area contributed by atoms with Crippen LogP contribution in [0.2, 0.25) is 6.82 Å². The second-order valence-corrected chi connectivity index (χ2v) is 4.63. The quantitative estimate of drug-likeness (QED) is 0.759. The summed E-state index contributed by atoms with van der Waals surface area (Å²) in [4.78, 5) is 6.34. The first kappa shape index (κ1) is 11.6. The zero-order chi connectivity index (χ0) is 11.7. The van der Waals surface area contributed by atoms with Gasteiger partial charge in [-0.15, -0.1) is 0 Å². The van der Waals surface area contributed by atoms with Crippen LogP contribution in [0.5, 0.6) is 0 Å². The molecule has 1 N–H and O–H groups in total. The Morgan fingerprint density at radius 3 is 2.81 bits per heavy atom. The van der Waals surface area contributed by atoms with Crippen molar-refractivity contribution in [1.29, 1.82) is 0 Å². The van der Waals surface area contributed by atoms with Crippen molar-refractivity contribution in [3.63, 3.8) is 0 Å². The third kappa shape index (κ3) is 2.27. The van der Waals surface area contributed by atoms with Crippen LogP contribution in [0.25, 0.3) is 0 Å². The molecule has 0 radical (unpaired) electrons. The summed E-state index contributed by atoms with van der Waals surface area (Å²) in [5, 5.41) is 13.5. The zero-order valence-corrected chi connectivity index (χ0v) is 10.1. The number of aryl methyl sites for hydroxylation is 1. The van der Waals surface area contributed by atoms with Gasteiger partial charge in [0.05, 0.1) is 5.92 Å². The predicted octanol–water partition coefficient (Wildman–Crippen LogP) is 1.06. The second-order valence-electron chi connectivity index (χ2n) is 4.63. The average Bonchev–Trinajstić information content (AvgIpc) is 2.65. The molecule has 1 aliphatic heterocycles. The first-order chi connectivity index (χ1) is 7.58. The summed E-state index contributed by atoms with van der Waals surface area (Å²) in [6.45, 7) is 6.56. The van der Waals surface area contributed by atoms with Crippen LogP contribution in [0.4, 0.5) is 0 Å². The van der Waals surface area contributed by atoms with E-state index in [4.69, 9.17) is 4.52 Å². The van der Waals surface area contributed by atoms with Crippen molar-refractivity contribution in [2.75, 3.05) is 6.54 Å². The first-order valence-electron chi connectivity index (χ1n) is 5.82. The highest BCUT2D eigenvalue weighted by Crippen LogP contribution is 2.29. The molecule has 0 saturated carbocycles. The Balaban J connectivity index is 2.08. The summed E-state index contributed by atoms with van der Waals surface area (Å²) in [6, 6.07) is 0.417. The van der Waals surface area contributed by atoms with E-state index in [0.29, 0.717) is 17.8 Å². The maximum Gasteiger partial charge on any atom is 0.376 e. The topological polar surface area (TPSA) is 62.4 Å². The Bertz CT molecular complexity index is 356. The standard InChI is InChI=1S/C10H18BN3O2/c1-7-4-5-9(6-14(7)11(3)15)10-12-8(2)13-16-10/h7,9,15H,4-6H2,1-3H3/t7-,9-/m0/s1. The van der Waals surface area contributed by atoms with Crippen LogP contribution in [0, 0.1) is 6.92 Å². The largest absolute Gasteiger partial charge is 0.437 e. The third-order valence-corrected chi connectivity index (χ3v) is 3.30. The van der Waals surface area contributed by atoms with Crippen LogP contribution in [0.15, 0.2) is 4.52 Å². The highest BCUT2D eigenvalue weighted by molar-refractivity contribution is 6.45. The van der Waals surface area contributed by atoms with E-state index in [1.165, 1.54) is 0 Å². The lowest BCUT2D eigenvalue weighted by atomic mass is 9.78. The molecule has 0 aromatic carbocycles. The molecule has 0 spiro atoms. The Kier molecular flexibility index (Phi) is 3.30. The van der Waals surface area contributed by atoms with E-state index in [1.807, 2.05) is 6.92 Å². The van der Waals surface area contributed by atoms with E-state index < -0.39 is 7.05 Å². The summed E-state index contributed by atoms with van der Waals surface area (Å²) in [5.41, 5.74) is 0. The maximum absolute atomic E-state index is 9.68. The summed E-state index contributed by atoms with van der Waals surface area (Å²) in [5.74, 6) is 1.64. The predicted molar refractivity (Wildman–Crippen MR) is 61.0 cm³/mol. The van der Waals surface area contributed by atoms with Crippen molar-refractivity contribution < 1.29 is 9.55 Å². The van der Waals surface area contributed by atoms with Crippen molar-refractivity contribution in [3.05, 3.63) is 11.7 Å². The monoisotopic (exact) mass is 223 g/mol. The average molecular weight is 223 g/mol. The highest BCUT2D eigenvalue weighted by atomic mass is 16.5. The van der Waals surface area contributed by atoms with E-state index in [2.05, 4.69) is 21.9 Å². The number of piperidine rings is 1. The van der Waals surface area contributed by atoms with E-state index in [-0.39, 0.29) is 5.92 Å². The molecule has 2 atom stereocenters. The Labute approximate surface area is 96.0 Å². The lowest BCUT2D eigenvalue weighted by molar-refractivity contribution is 0.196. The molecule has 1 fully saturated rings. The Hall–Kier alpha value is -0.875. The lowest BCUT2D eigenvalue weighted by Crippen LogP contribution is -2.48. The van der Waals surface area contributed by atoms with Crippen molar-refractivity contribution in [2.24, 2.45) is 0 Å². The third-order valence-electron chi connectivity index (χ3n) is 3.30. The molecule has 0 aliphatic carbocycles. The normalized spacial score (nSPS) is 27.0. The van der Waals surface area contributed by atoms with E-state index in [9.17, 15) is 5.02 Å². The molecule has 1 aromatic heterocycles. The van der Waals surface area contributed by atoms with Crippen LogP contribution in [0.3, 0.4) is 0 Å². The summed E-state index contributed by atoms with van der Waals surface area (Å²) in [6.07, 6.45) is 2.10. The zero-order valence-electron chi connectivity index (χ0n) is 10.1. The van der Waals surface area contributed by atoms with Gasteiger partial charge in [0.2, 0.25) is 5.89 Å². The van der Waals surface area contributed by atoms with Gasteiger partial charge >= 0.3 is 7.05 Å². The Morgan fingerprint density at radius 2 is 2.25 bits per heavy atom. The number of rotatable bonds is 2. The van der Waals surface area contributed by atoms with Gasteiger partial charge in [-0.2, -0.15) is 4.98 Å². The molecule has 0 amide bonds. The molecule has 5 nitrogen and oxygen atoms in total. The van der Waals surface area contributed by atoms with Crippen LogP contribution in [-0.2, 0) is 0 Å². The van der Waals surface area contributed by atoms with Crippen LogP contribution in [-0.4, -0.2) is 39.6 Å². The van der Waals surface area contributed by atoms with Crippen molar-refractivity contribution in [1.82, 2.24) is 15.0 Å². The molecule has 0 unspecified atom stereocenters. The fraction of sp³-hybridized carbons (Fsp3) is 0.800. The lowest BCUT2D eigenvalue weighted by Gasteiger charge is -2.37. The van der Waals surface area contributed by atoms with Gasteiger partial charge < -0.3 is 14.4 Å². The van der Waals surface area contributed by atoms with E-state index >= 15 is 0 Å². The van der Waals surface area contributed by atoms with Gasteiger partial charge in [-0.05, 0) is 32.6 Å². The molecule has 6 heteroatoms. The smallest absolute Gasteiger partial charge is 0.376 e. The van der Waals surface area contributed by atoms with Gasteiger partial charge in [0.15, 0.2) is 5.82 Å². The van der Waals surface area contributed by atoms with Gasteiger partial charge in [0.25, 0.3) is 0 Å². The van der Waals surface area contributed by atoms with Gasteiger partial charge in [-0.25, -0.2) is 0 Å². The number of hydrogen-bond donors (Lipinski definition) is 1. The van der Waals surface area contributed by atoms with Gasteiger partial charge in [0, 0.05) is 6.54 Å². The van der Waals surface area contributed by atoms with Gasteiger partial charge in [-0.1, -0.05) is 12.1 Å². The number of hydrogen-bond acceptors (Lipinski definition) is 5. The minimum Gasteiger partial charge on any atom is -0.437 e. The minimum absolute atomic E-state index is 0.256. The molecule has 88 valence electrons. The van der Waals surface area contributed by atoms with Crippen molar-refractivity contribution in [2.45, 2.75) is 45.5 Å². The second kappa shape index (κ2) is 4.55. The molecule has 2 rings (SSSR count). The summed E-state index contributed by atoms with van der Waals surface area (Å²) >= 11 is 0. The van der Waals surface area contributed by atoms with E-state index in [0.717, 1.165) is 19.4 Å². The molecule has 2 heterocycles. The molecule has 1 aliphatic rings. The minimum atomic E-state index is -0.415. The fourth-order valence-electron chi connectivity index (χ4n) is 2.34.